The second-order valence-electron chi connectivity index (χ2n) is 6.97. The second kappa shape index (κ2) is 7.79. The molecule has 116 valence electrons. The van der Waals surface area contributed by atoms with Gasteiger partial charge in [0, 0.05) is 19.4 Å². The monoisotopic (exact) mass is 280 g/mol. The molecule has 0 spiro atoms. The van der Waals surface area contributed by atoms with Crippen LogP contribution in [0.5, 0.6) is 0 Å². The summed E-state index contributed by atoms with van der Waals surface area (Å²) >= 11 is 0. The maximum Gasteiger partial charge on any atom is 0.122 e. The van der Waals surface area contributed by atoms with Gasteiger partial charge in [-0.3, -0.25) is 4.90 Å². The Hall–Kier alpha value is -0.870. The topological polar surface area (TPSA) is 47.1 Å². The average Bonchev–Trinajstić information content (AvgIpc) is 2.73. The maximum absolute atomic E-state index is 5.74. The Balaban J connectivity index is 2.33. The minimum absolute atomic E-state index is 0.359. The summed E-state index contributed by atoms with van der Waals surface area (Å²) in [7, 11) is 4.22. The molecule has 0 aliphatic heterocycles. The molecule has 0 aliphatic carbocycles. The fourth-order valence-corrected chi connectivity index (χ4v) is 2.69. The fraction of sp³-hybridized carbons (Fsp3) is 0.812. The van der Waals surface area contributed by atoms with Crippen molar-refractivity contribution in [2.45, 2.75) is 46.6 Å². The summed E-state index contributed by atoms with van der Waals surface area (Å²) in [6, 6.07) is 0. The van der Waals surface area contributed by atoms with Gasteiger partial charge in [-0.15, -0.1) is 0 Å². The average molecular weight is 280 g/mol. The van der Waals surface area contributed by atoms with Crippen molar-refractivity contribution in [3.63, 3.8) is 0 Å². The van der Waals surface area contributed by atoms with Gasteiger partial charge in [-0.2, -0.15) is 0 Å². The number of aromatic nitrogens is 2. The Labute approximate surface area is 124 Å². The largest absolute Gasteiger partial charge is 0.337 e. The number of imidazole rings is 1. The van der Waals surface area contributed by atoms with Crippen LogP contribution in [0.15, 0.2) is 12.4 Å². The summed E-state index contributed by atoms with van der Waals surface area (Å²) in [6.45, 7) is 9.80. The normalized spacial score (nSPS) is 13.9. The van der Waals surface area contributed by atoms with Crippen LogP contribution in [-0.4, -0.2) is 34.6 Å². The highest BCUT2D eigenvalue weighted by molar-refractivity contribution is 4.90. The summed E-state index contributed by atoms with van der Waals surface area (Å²) < 4.78 is 2.09. The maximum atomic E-state index is 5.74. The third-order valence-electron chi connectivity index (χ3n) is 4.16. The summed E-state index contributed by atoms with van der Waals surface area (Å²) in [5, 5.41) is 0. The lowest BCUT2D eigenvalue weighted by Gasteiger charge is -2.31. The molecule has 0 saturated carbocycles. The Morgan fingerprint density at radius 2 is 2.05 bits per heavy atom. The fourth-order valence-electron chi connectivity index (χ4n) is 2.69. The molecule has 1 unspecified atom stereocenters. The first-order valence-electron chi connectivity index (χ1n) is 7.69. The van der Waals surface area contributed by atoms with Gasteiger partial charge in [0.25, 0.3) is 0 Å². The predicted octanol–water partition coefficient (Wildman–Crippen LogP) is 2.64. The van der Waals surface area contributed by atoms with Crippen molar-refractivity contribution in [2.24, 2.45) is 24.1 Å². The molecular weight excluding hydrogens is 248 g/mol. The van der Waals surface area contributed by atoms with Crippen molar-refractivity contribution in [1.82, 2.24) is 14.5 Å². The van der Waals surface area contributed by atoms with Gasteiger partial charge in [-0.1, -0.05) is 20.8 Å². The summed E-state index contributed by atoms with van der Waals surface area (Å²) in [5.74, 6) is 1.84. The molecule has 0 radical (unpaired) electrons. The van der Waals surface area contributed by atoms with E-state index in [1.54, 1.807) is 0 Å². The Kier molecular flexibility index (Phi) is 6.69. The van der Waals surface area contributed by atoms with Crippen LogP contribution in [0.1, 0.15) is 45.9 Å². The summed E-state index contributed by atoms with van der Waals surface area (Å²) in [4.78, 5) is 6.72. The molecule has 20 heavy (non-hydrogen) atoms. The van der Waals surface area contributed by atoms with Crippen LogP contribution in [0.2, 0.25) is 0 Å². The van der Waals surface area contributed by atoms with Crippen LogP contribution in [0.3, 0.4) is 0 Å². The van der Waals surface area contributed by atoms with Gasteiger partial charge in [0.1, 0.15) is 5.82 Å². The van der Waals surface area contributed by atoms with E-state index in [4.69, 9.17) is 5.73 Å². The van der Waals surface area contributed by atoms with Crippen molar-refractivity contribution in [2.75, 3.05) is 20.1 Å². The lowest BCUT2D eigenvalue weighted by molar-refractivity contribution is 0.198. The Morgan fingerprint density at radius 1 is 1.35 bits per heavy atom. The molecule has 0 amide bonds. The van der Waals surface area contributed by atoms with Gasteiger partial charge in [0.15, 0.2) is 0 Å². The lowest BCUT2D eigenvalue weighted by atomic mass is 9.76. The number of nitrogens with two attached hydrogens (primary N) is 1. The Morgan fingerprint density at radius 3 is 2.55 bits per heavy atom. The zero-order chi connectivity index (χ0) is 15.2. The molecule has 1 aromatic rings. The third-order valence-corrected chi connectivity index (χ3v) is 4.16. The molecule has 1 heterocycles. The van der Waals surface area contributed by atoms with E-state index >= 15 is 0 Å². The highest BCUT2D eigenvalue weighted by atomic mass is 15.1. The van der Waals surface area contributed by atoms with E-state index in [0.29, 0.717) is 11.3 Å². The minimum atomic E-state index is 0.359. The van der Waals surface area contributed by atoms with Crippen LogP contribution in [0.25, 0.3) is 0 Å². The van der Waals surface area contributed by atoms with Gasteiger partial charge in [-0.05, 0) is 50.7 Å². The zero-order valence-electron chi connectivity index (χ0n) is 13.9. The first kappa shape index (κ1) is 17.2. The number of nitrogens with zero attached hydrogens (tertiary/aromatic N) is 3. The first-order chi connectivity index (χ1) is 9.34. The third kappa shape index (κ3) is 5.63. The molecule has 1 rings (SSSR count). The van der Waals surface area contributed by atoms with Crippen LogP contribution < -0.4 is 5.73 Å². The molecule has 1 atom stereocenters. The number of hydrogen-bond donors (Lipinski definition) is 1. The quantitative estimate of drug-likeness (QED) is 0.796. The van der Waals surface area contributed by atoms with Crippen LogP contribution in [0.4, 0.5) is 0 Å². The zero-order valence-corrected chi connectivity index (χ0v) is 13.9. The van der Waals surface area contributed by atoms with Crippen molar-refractivity contribution < 1.29 is 0 Å². The molecular formula is C16H32N4. The van der Waals surface area contributed by atoms with E-state index in [9.17, 15) is 0 Å². The minimum Gasteiger partial charge on any atom is -0.337 e. The van der Waals surface area contributed by atoms with Gasteiger partial charge in [-0.25, -0.2) is 4.98 Å². The van der Waals surface area contributed by atoms with Gasteiger partial charge in [0.2, 0.25) is 0 Å². The van der Waals surface area contributed by atoms with Crippen LogP contribution in [0, 0.1) is 11.3 Å². The van der Waals surface area contributed by atoms with Crippen LogP contribution >= 0.6 is 0 Å². The number of aryl methyl sites for hydroxylation is 1. The molecule has 0 aliphatic rings. The molecule has 0 aromatic carbocycles. The van der Waals surface area contributed by atoms with Crippen molar-refractivity contribution in [3.05, 3.63) is 18.2 Å². The van der Waals surface area contributed by atoms with E-state index in [0.717, 1.165) is 31.9 Å². The van der Waals surface area contributed by atoms with E-state index < -0.39 is 0 Å². The SMILES string of the molecule is CN(CCCC(CCN)C(C)(C)C)Cc1nccn1C. The standard InChI is InChI=1S/C16H32N4/c1-16(2,3)14(8-9-17)7-6-11-19(4)13-15-18-10-12-20(15)5/h10,12,14H,6-9,11,13,17H2,1-5H3. The van der Waals surface area contributed by atoms with Crippen molar-refractivity contribution in [3.8, 4) is 0 Å². The molecule has 2 N–H and O–H groups in total. The highest BCUT2D eigenvalue weighted by Crippen LogP contribution is 2.32. The van der Waals surface area contributed by atoms with E-state index in [-0.39, 0.29) is 0 Å². The second-order valence-corrected chi connectivity index (χ2v) is 6.97. The molecule has 4 heteroatoms. The number of rotatable bonds is 8. The highest BCUT2D eigenvalue weighted by Gasteiger charge is 2.23. The van der Waals surface area contributed by atoms with E-state index in [1.807, 2.05) is 19.4 Å². The van der Waals surface area contributed by atoms with Gasteiger partial charge < -0.3 is 10.3 Å². The van der Waals surface area contributed by atoms with E-state index in [2.05, 4.69) is 42.3 Å². The molecule has 1 aromatic heterocycles. The lowest BCUT2D eigenvalue weighted by Crippen LogP contribution is -2.26. The summed E-state index contributed by atoms with van der Waals surface area (Å²) in [5.41, 5.74) is 6.10. The van der Waals surface area contributed by atoms with Crippen molar-refractivity contribution in [1.29, 1.82) is 0 Å². The summed E-state index contributed by atoms with van der Waals surface area (Å²) in [6.07, 6.45) is 7.47. The van der Waals surface area contributed by atoms with E-state index in [1.165, 1.54) is 12.8 Å². The van der Waals surface area contributed by atoms with Crippen LogP contribution in [-0.2, 0) is 13.6 Å². The molecule has 0 fully saturated rings. The predicted molar refractivity (Wildman–Crippen MR) is 85.4 cm³/mol. The first-order valence-corrected chi connectivity index (χ1v) is 7.69. The molecule has 0 bridgehead atoms. The number of hydrogen-bond acceptors (Lipinski definition) is 3. The van der Waals surface area contributed by atoms with Crippen molar-refractivity contribution >= 4 is 0 Å². The smallest absolute Gasteiger partial charge is 0.122 e. The molecule has 0 saturated heterocycles. The van der Waals surface area contributed by atoms with Gasteiger partial charge >= 0.3 is 0 Å². The molecule has 4 nitrogen and oxygen atoms in total. The Bertz CT molecular complexity index is 378. The van der Waals surface area contributed by atoms with Gasteiger partial charge in [0.05, 0.1) is 6.54 Å².